The summed E-state index contributed by atoms with van der Waals surface area (Å²) in [5, 5.41) is 14.5. The molecule has 2 amide bonds. The van der Waals surface area contributed by atoms with Crippen LogP contribution in [0, 0.1) is 0 Å². The van der Waals surface area contributed by atoms with E-state index in [9.17, 15) is 9.59 Å². The molecule has 0 rings (SSSR count). The summed E-state index contributed by atoms with van der Waals surface area (Å²) in [5.74, 6) is -0.150. The number of amides is 2. The first-order valence-electron chi connectivity index (χ1n) is 7.35. The zero-order chi connectivity index (χ0) is 16.1. The van der Waals surface area contributed by atoms with Gasteiger partial charge in [-0.3, -0.25) is 9.59 Å². The SMILES string of the molecule is CNCCNC(=O)[C@H](CCNC(=O)[C@H](CCN)NC)NC. The molecule has 0 saturated carbocycles. The minimum absolute atomic E-state index is 0.0610. The van der Waals surface area contributed by atoms with E-state index in [0.29, 0.717) is 32.5 Å². The van der Waals surface area contributed by atoms with Crippen molar-refractivity contribution in [2.45, 2.75) is 24.9 Å². The Bertz CT molecular complexity index is 300. The number of hydrogen-bond acceptors (Lipinski definition) is 6. The average Bonchev–Trinajstić information content (AvgIpc) is 2.49. The Morgan fingerprint density at radius 1 is 0.857 bits per heavy atom. The number of hydrogen-bond donors (Lipinski definition) is 6. The molecule has 8 heteroatoms. The lowest BCUT2D eigenvalue weighted by atomic mass is 10.1. The highest BCUT2D eigenvalue weighted by atomic mass is 16.2. The van der Waals surface area contributed by atoms with Crippen molar-refractivity contribution >= 4 is 11.8 Å². The summed E-state index contributed by atoms with van der Waals surface area (Å²) < 4.78 is 0. The first kappa shape index (κ1) is 19.8. The first-order chi connectivity index (χ1) is 10.1. The predicted molar refractivity (Wildman–Crippen MR) is 83.9 cm³/mol. The maximum Gasteiger partial charge on any atom is 0.237 e. The summed E-state index contributed by atoms with van der Waals surface area (Å²) in [6.45, 7) is 2.19. The van der Waals surface area contributed by atoms with Gasteiger partial charge in [0.05, 0.1) is 12.1 Å². The van der Waals surface area contributed by atoms with Crippen LogP contribution < -0.4 is 32.3 Å². The molecule has 8 nitrogen and oxygen atoms in total. The third-order valence-corrected chi connectivity index (χ3v) is 3.19. The van der Waals surface area contributed by atoms with Gasteiger partial charge < -0.3 is 32.3 Å². The van der Waals surface area contributed by atoms with Crippen LogP contribution in [0.25, 0.3) is 0 Å². The van der Waals surface area contributed by atoms with Crippen molar-refractivity contribution in [2.24, 2.45) is 5.73 Å². The maximum absolute atomic E-state index is 11.9. The Kier molecular flexibility index (Phi) is 11.8. The second-order valence-electron chi connectivity index (χ2n) is 4.73. The van der Waals surface area contributed by atoms with Gasteiger partial charge in [-0.15, -0.1) is 0 Å². The maximum atomic E-state index is 11.9. The lowest BCUT2D eigenvalue weighted by molar-refractivity contribution is -0.125. The highest BCUT2D eigenvalue weighted by Gasteiger charge is 2.18. The molecule has 0 bridgehead atoms. The Hall–Kier alpha value is -1.22. The molecule has 0 radical (unpaired) electrons. The van der Waals surface area contributed by atoms with Gasteiger partial charge >= 0.3 is 0 Å². The van der Waals surface area contributed by atoms with E-state index in [4.69, 9.17) is 5.73 Å². The molecule has 0 aliphatic rings. The van der Waals surface area contributed by atoms with Crippen molar-refractivity contribution in [3.8, 4) is 0 Å². The van der Waals surface area contributed by atoms with Crippen molar-refractivity contribution in [1.82, 2.24) is 26.6 Å². The molecule has 0 aliphatic heterocycles. The molecule has 0 aromatic heterocycles. The minimum Gasteiger partial charge on any atom is -0.355 e. The molecule has 7 N–H and O–H groups in total. The van der Waals surface area contributed by atoms with Gasteiger partial charge in [-0.1, -0.05) is 0 Å². The fraction of sp³-hybridized carbons (Fsp3) is 0.846. The number of carbonyl (C=O) groups excluding carboxylic acids is 2. The van der Waals surface area contributed by atoms with Gasteiger partial charge in [0.1, 0.15) is 0 Å². The molecular weight excluding hydrogens is 272 g/mol. The summed E-state index contributed by atoms with van der Waals surface area (Å²) >= 11 is 0. The van der Waals surface area contributed by atoms with Gasteiger partial charge in [0.25, 0.3) is 0 Å². The van der Waals surface area contributed by atoms with Crippen LogP contribution in [-0.4, -0.2) is 71.2 Å². The number of rotatable bonds is 12. The fourth-order valence-corrected chi connectivity index (χ4v) is 1.88. The minimum atomic E-state index is -0.315. The number of nitrogens with one attached hydrogen (secondary N) is 5. The van der Waals surface area contributed by atoms with Crippen LogP contribution in [0.4, 0.5) is 0 Å². The summed E-state index contributed by atoms with van der Waals surface area (Å²) in [6, 6.07) is -0.600. The van der Waals surface area contributed by atoms with Crippen LogP contribution >= 0.6 is 0 Å². The Labute approximate surface area is 127 Å². The van der Waals surface area contributed by atoms with Gasteiger partial charge in [-0.2, -0.15) is 0 Å². The summed E-state index contributed by atoms with van der Waals surface area (Å²) in [6.07, 6.45) is 1.12. The topological polar surface area (TPSA) is 120 Å². The van der Waals surface area contributed by atoms with E-state index in [-0.39, 0.29) is 23.9 Å². The van der Waals surface area contributed by atoms with E-state index in [1.54, 1.807) is 14.1 Å². The van der Waals surface area contributed by atoms with Gasteiger partial charge in [0.15, 0.2) is 0 Å². The van der Waals surface area contributed by atoms with Crippen molar-refractivity contribution in [3.63, 3.8) is 0 Å². The molecule has 0 spiro atoms. The van der Waals surface area contributed by atoms with E-state index >= 15 is 0 Å². The second-order valence-corrected chi connectivity index (χ2v) is 4.73. The summed E-state index contributed by atoms with van der Waals surface area (Å²) in [5.41, 5.74) is 5.45. The normalized spacial score (nSPS) is 13.5. The molecule has 21 heavy (non-hydrogen) atoms. The Morgan fingerprint density at radius 2 is 1.38 bits per heavy atom. The van der Waals surface area contributed by atoms with Crippen molar-refractivity contribution in [2.75, 3.05) is 47.3 Å². The zero-order valence-electron chi connectivity index (χ0n) is 13.3. The third kappa shape index (κ3) is 8.61. The fourth-order valence-electron chi connectivity index (χ4n) is 1.88. The van der Waals surface area contributed by atoms with Gasteiger partial charge in [0.2, 0.25) is 11.8 Å². The number of likely N-dealkylation sites (N-methyl/N-ethyl adjacent to an activating group) is 3. The first-order valence-corrected chi connectivity index (χ1v) is 7.35. The van der Waals surface area contributed by atoms with Crippen molar-refractivity contribution < 1.29 is 9.59 Å². The van der Waals surface area contributed by atoms with E-state index in [2.05, 4.69) is 26.6 Å². The number of carbonyl (C=O) groups is 2. The van der Waals surface area contributed by atoms with Gasteiger partial charge in [-0.25, -0.2) is 0 Å². The largest absolute Gasteiger partial charge is 0.355 e. The van der Waals surface area contributed by atoms with Crippen LogP contribution in [0.3, 0.4) is 0 Å². The predicted octanol–water partition coefficient (Wildman–Crippen LogP) is -2.65. The van der Waals surface area contributed by atoms with E-state index in [0.717, 1.165) is 6.54 Å². The second kappa shape index (κ2) is 12.5. The van der Waals surface area contributed by atoms with Gasteiger partial charge in [0, 0.05) is 19.6 Å². The Morgan fingerprint density at radius 3 is 1.86 bits per heavy atom. The lowest BCUT2D eigenvalue weighted by Crippen LogP contribution is -2.48. The van der Waals surface area contributed by atoms with Crippen molar-refractivity contribution in [3.05, 3.63) is 0 Å². The molecule has 0 aromatic carbocycles. The van der Waals surface area contributed by atoms with Crippen LogP contribution in [0.1, 0.15) is 12.8 Å². The molecular formula is C13H30N6O2. The quantitative estimate of drug-likeness (QED) is 0.219. The van der Waals surface area contributed by atoms with E-state index < -0.39 is 0 Å². The highest BCUT2D eigenvalue weighted by molar-refractivity contribution is 5.83. The molecule has 124 valence electrons. The zero-order valence-corrected chi connectivity index (χ0v) is 13.3. The summed E-state index contributed by atoms with van der Waals surface area (Å²) in [4.78, 5) is 23.7. The highest BCUT2D eigenvalue weighted by Crippen LogP contribution is 1.93. The van der Waals surface area contributed by atoms with Crippen LogP contribution in [-0.2, 0) is 9.59 Å². The Balaban J connectivity index is 4.04. The molecule has 2 atom stereocenters. The molecule has 0 unspecified atom stereocenters. The standard InChI is InChI=1S/C13H30N6O2/c1-15-8-9-19-13(21)11(17-3)5-7-18-12(20)10(16-2)4-6-14/h10-11,15-17H,4-9,14H2,1-3H3,(H,18,20)(H,19,21)/t10-,11-/m0/s1. The lowest BCUT2D eigenvalue weighted by Gasteiger charge is -2.18. The molecule has 0 aromatic rings. The molecule has 0 saturated heterocycles. The number of nitrogens with two attached hydrogens (primary N) is 1. The van der Waals surface area contributed by atoms with Crippen LogP contribution in [0.2, 0.25) is 0 Å². The van der Waals surface area contributed by atoms with Crippen LogP contribution in [0.15, 0.2) is 0 Å². The molecule has 0 aliphatic carbocycles. The summed E-state index contributed by atoms with van der Waals surface area (Å²) in [7, 11) is 5.29. The van der Waals surface area contributed by atoms with E-state index in [1.807, 2.05) is 7.05 Å². The van der Waals surface area contributed by atoms with Gasteiger partial charge in [-0.05, 0) is 40.5 Å². The van der Waals surface area contributed by atoms with Crippen LogP contribution in [0.5, 0.6) is 0 Å². The molecule has 0 heterocycles. The average molecular weight is 302 g/mol. The monoisotopic (exact) mass is 302 g/mol. The van der Waals surface area contributed by atoms with Crippen molar-refractivity contribution in [1.29, 1.82) is 0 Å². The smallest absolute Gasteiger partial charge is 0.237 e. The van der Waals surface area contributed by atoms with E-state index in [1.165, 1.54) is 0 Å². The molecule has 0 fully saturated rings. The third-order valence-electron chi connectivity index (χ3n) is 3.19.